The summed E-state index contributed by atoms with van der Waals surface area (Å²) in [6.07, 6.45) is 3.31. The number of pyridine rings is 1. The van der Waals surface area contributed by atoms with Gasteiger partial charge in [0.15, 0.2) is 0 Å². The van der Waals surface area contributed by atoms with Gasteiger partial charge in [-0.05, 0) is 37.3 Å². The van der Waals surface area contributed by atoms with Crippen LogP contribution in [0.25, 0.3) is 11.5 Å². The van der Waals surface area contributed by atoms with Crippen LogP contribution in [0.2, 0.25) is 0 Å². The van der Waals surface area contributed by atoms with Crippen molar-refractivity contribution < 1.29 is 9.21 Å². The number of halogens is 1. The molecule has 3 aromatic rings. The summed E-state index contributed by atoms with van der Waals surface area (Å²) >= 11 is 4.58. The number of nitrogens with zero attached hydrogens (tertiary/aromatic N) is 3. The van der Waals surface area contributed by atoms with Gasteiger partial charge in [0.2, 0.25) is 11.8 Å². The number of hydrogen-bond donors (Lipinski definition) is 1. The quantitative estimate of drug-likeness (QED) is 0.646. The van der Waals surface area contributed by atoms with E-state index in [4.69, 9.17) is 4.42 Å². The maximum Gasteiger partial charge on any atom is 0.277 e. The van der Waals surface area contributed by atoms with Crippen LogP contribution in [0.4, 0.5) is 5.69 Å². The predicted octanol–water partition coefficient (Wildman–Crippen LogP) is 4.01. The van der Waals surface area contributed by atoms with Crippen LogP contribution in [0.1, 0.15) is 6.92 Å². The highest BCUT2D eigenvalue weighted by Gasteiger charge is 2.19. The van der Waals surface area contributed by atoms with Crippen LogP contribution in [-0.2, 0) is 4.79 Å². The van der Waals surface area contributed by atoms with Gasteiger partial charge in [-0.15, -0.1) is 10.2 Å². The Hall–Kier alpha value is -2.19. The van der Waals surface area contributed by atoms with Gasteiger partial charge >= 0.3 is 0 Å². The van der Waals surface area contributed by atoms with Crippen LogP contribution in [-0.4, -0.2) is 26.3 Å². The molecule has 0 aliphatic heterocycles. The molecule has 0 saturated carbocycles. The number of amides is 1. The van der Waals surface area contributed by atoms with Crippen molar-refractivity contribution in [2.24, 2.45) is 0 Å². The van der Waals surface area contributed by atoms with Crippen LogP contribution in [0.15, 0.2) is 62.9 Å². The standard InChI is InChI=1S/C16H13BrN4O2S/c1-10(14(22)19-13-6-2-5-12(17)8-13)24-16-21-20-15(23-16)11-4-3-7-18-9-11/h2-10H,1H3,(H,19,22)/t10-/m1/s1. The minimum Gasteiger partial charge on any atom is -0.411 e. The fourth-order valence-corrected chi connectivity index (χ4v) is 2.96. The van der Waals surface area contributed by atoms with Gasteiger partial charge in [-0.1, -0.05) is 33.8 Å². The molecule has 1 amide bonds. The molecular weight excluding hydrogens is 392 g/mol. The van der Waals surface area contributed by atoms with Crippen molar-refractivity contribution in [1.29, 1.82) is 0 Å². The highest BCUT2D eigenvalue weighted by molar-refractivity contribution is 9.10. The average Bonchev–Trinajstić information content (AvgIpc) is 3.04. The van der Waals surface area contributed by atoms with E-state index in [-0.39, 0.29) is 11.2 Å². The van der Waals surface area contributed by atoms with E-state index < -0.39 is 0 Å². The first kappa shape index (κ1) is 16.7. The Labute approximate surface area is 151 Å². The van der Waals surface area contributed by atoms with Gasteiger partial charge in [-0.3, -0.25) is 9.78 Å². The number of hydrogen-bond acceptors (Lipinski definition) is 6. The maximum atomic E-state index is 12.3. The van der Waals surface area contributed by atoms with E-state index in [0.717, 1.165) is 15.7 Å². The third-order valence-corrected chi connectivity index (χ3v) is 4.48. The first-order valence-electron chi connectivity index (χ1n) is 7.09. The van der Waals surface area contributed by atoms with Crippen molar-refractivity contribution in [3.8, 4) is 11.5 Å². The summed E-state index contributed by atoms with van der Waals surface area (Å²) in [7, 11) is 0. The van der Waals surface area contributed by atoms with Crippen LogP contribution in [0, 0.1) is 0 Å². The molecule has 1 atom stereocenters. The number of anilines is 1. The van der Waals surface area contributed by atoms with Gasteiger partial charge in [-0.2, -0.15) is 0 Å². The Balaban J connectivity index is 1.63. The lowest BCUT2D eigenvalue weighted by Gasteiger charge is -2.10. The summed E-state index contributed by atoms with van der Waals surface area (Å²) in [6.45, 7) is 1.78. The van der Waals surface area contributed by atoms with E-state index in [1.807, 2.05) is 30.3 Å². The minimum absolute atomic E-state index is 0.140. The zero-order valence-corrected chi connectivity index (χ0v) is 15.0. The summed E-state index contributed by atoms with van der Waals surface area (Å²) in [6, 6.07) is 11.0. The average molecular weight is 405 g/mol. The molecule has 24 heavy (non-hydrogen) atoms. The van der Waals surface area contributed by atoms with Crippen LogP contribution in [0.3, 0.4) is 0 Å². The topological polar surface area (TPSA) is 80.9 Å². The maximum absolute atomic E-state index is 12.3. The van der Waals surface area contributed by atoms with Crippen molar-refractivity contribution in [2.75, 3.05) is 5.32 Å². The Bertz CT molecular complexity index is 841. The molecule has 0 fully saturated rings. The third-order valence-electron chi connectivity index (χ3n) is 3.05. The van der Waals surface area contributed by atoms with E-state index in [9.17, 15) is 4.79 Å². The summed E-state index contributed by atoms with van der Waals surface area (Å²) in [5.74, 6) is 0.240. The second kappa shape index (κ2) is 7.59. The number of aromatic nitrogens is 3. The SMILES string of the molecule is C[C@@H](Sc1nnc(-c2cccnc2)o1)C(=O)Nc1cccc(Br)c1. The number of carbonyl (C=O) groups is 1. The molecular formula is C16H13BrN4O2S. The smallest absolute Gasteiger partial charge is 0.277 e. The fraction of sp³-hybridized carbons (Fsp3) is 0.125. The Morgan fingerprint density at radius 1 is 1.29 bits per heavy atom. The molecule has 0 bridgehead atoms. The highest BCUT2D eigenvalue weighted by Crippen LogP contribution is 2.26. The molecule has 1 N–H and O–H groups in total. The van der Waals surface area contributed by atoms with E-state index in [0.29, 0.717) is 11.1 Å². The molecule has 8 heteroatoms. The summed E-state index contributed by atoms with van der Waals surface area (Å²) in [5.41, 5.74) is 1.46. The van der Waals surface area contributed by atoms with E-state index in [1.54, 1.807) is 25.4 Å². The largest absolute Gasteiger partial charge is 0.411 e. The predicted molar refractivity (Wildman–Crippen MR) is 95.6 cm³/mol. The lowest BCUT2D eigenvalue weighted by atomic mass is 10.3. The van der Waals surface area contributed by atoms with Crippen LogP contribution < -0.4 is 5.32 Å². The minimum atomic E-state index is -0.383. The molecule has 0 unspecified atom stereocenters. The monoisotopic (exact) mass is 404 g/mol. The van der Waals surface area contributed by atoms with Gasteiger partial charge in [-0.25, -0.2) is 0 Å². The van der Waals surface area contributed by atoms with Crippen molar-refractivity contribution in [2.45, 2.75) is 17.4 Å². The summed E-state index contributed by atoms with van der Waals surface area (Å²) in [4.78, 5) is 16.3. The summed E-state index contributed by atoms with van der Waals surface area (Å²) < 4.78 is 6.47. The molecule has 1 aromatic carbocycles. The fourth-order valence-electron chi connectivity index (χ4n) is 1.88. The third kappa shape index (κ3) is 4.21. The number of carbonyl (C=O) groups excluding carboxylic acids is 1. The molecule has 0 aliphatic rings. The normalized spacial score (nSPS) is 11.9. The molecule has 3 rings (SSSR count). The van der Waals surface area contributed by atoms with E-state index in [2.05, 4.69) is 36.4 Å². The van der Waals surface area contributed by atoms with Gasteiger partial charge in [0.25, 0.3) is 5.22 Å². The van der Waals surface area contributed by atoms with Crippen LogP contribution >= 0.6 is 27.7 Å². The molecule has 0 saturated heterocycles. The molecule has 0 aliphatic carbocycles. The Morgan fingerprint density at radius 3 is 2.92 bits per heavy atom. The van der Waals surface area contributed by atoms with Crippen molar-refractivity contribution >= 4 is 39.3 Å². The molecule has 122 valence electrons. The highest BCUT2D eigenvalue weighted by atomic mass is 79.9. The molecule has 2 heterocycles. The first-order valence-corrected chi connectivity index (χ1v) is 8.76. The number of thioether (sulfide) groups is 1. The molecule has 2 aromatic heterocycles. The van der Waals surface area contributed by atoms with E-state index >= 15 is 0 Å². The Kier molecular flexibility index (Phi) is 5.27. The van der Waals surface area contributed by atoms with Gasteiger partial charge < -0.3 is 9.73 Å². The van der Waals surface area contributed by atoms with Gasteiger partial charge in [0.1, 0.15) is 0 Å². The van der Waals surface area contributed by atoms with Gasteiger partial charge in [0.05, 0.1) is 10.8 Å². The number of benzene rings is 1. The molecule has 0 radical (unpaired) electrons. The zero-order chi connectivity index (χ0) is 16.9. The van der Waals surface area contributed by atoms with Crippen molar-refractivity contribution in [1.82, 2.24) is 15.2 Å². The second-order valence-electron chi connectivity index (χ2n) is 4.87. The van der Waals surface area contributed by atoms with Gasteiger partial charge in [0, 0.05) is 22.6 Å². The number of rotatable bonds is 5. The molecule has 0 spiro atoms. The summed E-state index contributed by atoms with van der Waals surface area (Å²) in [5, 5.41) is 10.8. The van der Waals surface area contributed by atoms with Crippen molar-refractivity contribution in [3.05, 3.63) is 53.3 Å². The van der Waals surface area contributed by atoms with Crippen molar-refractivity contribution in [3.63, 3.8) is 0 Å². The Morgan fingerprint density at radius 2 is 2.17 bits per heavy atom. The van der Waals surface area contributed by atoms with E-state index in [1.165, 1.54) is 11.8 Å². The second-order valence-corrected chi connectivity index (χ2v) is 7.08. The lowest BCUT2D eigenvalue weighted by molar-refractivity contribution is -0.115. The first-order chi connectivity index (χ1) is 11.6. The lowest BCUT2D eigenvalue weighted by Crippen LogP contribution is -2.22. The molecule has 6 nitrogen and oxygen atoms in total. The van der Waals surface area contributed by atoms with Crippen LogP contribution in [0.5, 0.6) is 0 Å². The number of nitrogens with one attached hydrogen (secondary N) is 1. The zero-order valence-electron chi connectivity index (χ0n) is 12.6.